The Morgan fingerprint density at radius 1 is 1.12 bits per heavy atom. The molecule has 1 amide bonds. The van der Waals surface area contributed by atoms with E-state index >= 15 is 0 Å². The van der Waals surface area contributed by atoms with E-state index in [4.69, 9.17) is 0 Å². The summed E-state index contributed by atoms with van der Waals surface area (Å²) < 4.78 is 14.1. The van der Waals surface area contributed by atoms with Gasteiger partial charge in [-0.3, -0.25) is 9.00 Å². The molecule has 0 bridgehead atoms. The van der Waals surface area contributed by atoms with Crippen molar-refractivity contribution >= 4 is 22.4 Å². The van der Waals surface area contributed by atoms with E-state index < -0.39 is 16.0 Å². The van der Waals surface area contributed by atoms with Gasteiger partial charge in [0.05, 0.1) is 11.4 Å². The van der Waals surface area contributed by atoms with Crippen molar-refractivity contribution in [1.29, 1.82) is 0 Å². The van der Waals surface area contributed by atoms with Gasteiger partial charge in [0.1, 0.15) is 5.25 Å². The van der Waals surface area contributed by atoms with E-state index in [1.54, 1.807) is 19.1 Å². The van der Waals surface area contributed by atoms with Crippen LogP contribution in [0.3, 0.4) is 0 Å². The van der Waals surface area contributed by atoms with Crippen molar-refractivity contribution in [3.63, 3.8) is 0 Å². The molecule has 0 saturated carbocycles. The number of anilines is 1. The van der Waals surface area contributed by atoms with Crippen molar-refractivity contribution in [1.82, 2.24) is 20.2 Å². The number of rotatable bonds is 6. The molecular weight excluding hydrogens is 338 g/mol. The van der Waals surface area contributed by atoms with Gasteiger partial charge in [0.25, 0.3) is 0 Å². The number of nitrogens with zero attached hydrogens (tertiary/aromatic N) is 4. The summed E-state index contributed by atoms with van der Waals surface area (Å²) in [7, 11) is -1.46. The second-order valence-corrected chi connectivity index (χ2v) is 7.12. The molecule has 1 aromatic heterocycles. The van der Waals surface area contributed by atoms with Gasteiger partial charge in [-0.25, -0.2) is 0 Å². The van der Waals surface area contributed by atoms with E-state index in [0.717, 1.165) is 5.69 Å². The van der Waals surface area contributed by atoms with Gasteiger partial charge in [0, 0.05) is 16.5 Å². The molecule has 0 aliphatic rings. The van der Waals surface area contributed by atoms with Crippen LogP contribution < -0.4 is 5.32 Å². The van der Waals surface area contributed by atoms with Crippen LogP contribution in [0, 0.1) is 0 Å². The lowest BCUT2D eigenvalue weighted by atomic mass is 10.3. The van der Waals surface area contributed by atoms with Crippen LogP contribution in [-0.4, -0.2) is 35.6 Å². The highest BCUT2D eigenvalue weighted by Crippen LogP contribution is 2.12. The number of hydrogen-bond acceptors (Lipinski definition) is 5. The molecule has 2 atom stereocenters. The van der Waals surface area contributed by atoms with Gasteiger partial charge < -0.3 is 5.32 Å². The minimum Gasteiger partial charge on any atom is -0.325 e. The molecule has 7 nitrogen and oxygen atoms in total. The van der Waals surface area contributed by atoms with Crippen molar-refractivity contribution in [2.75, 3.05) is 5.32 Å². The Labute approximate surface area is 147 Å². The summed E-state index contributed by atoms with van der Waals surface area (Å²) in [5.41, 5.74) is 1.45. The Kier molecular flexibility index (Phi) is 5.30. The van der Waals surface area contributed by atoms with Crippen LogP contribution >= 0.6 is 0 Å². The van der Waals surface area contributed by atoms with Gasteiger partial charge >= 0.3 is 0 Å². The summed E-state index contributed by atoms with van der Waals surface area (Å²) >= 11 is 0. The zero-order valence-electron chi connectivity index (χ0n) is 13.6. The number of carbonyl (C=O) groups is 1. The third-order valence-corrected chi connectivity index (χ3v) is 5.16. The third-order valence-electron chi connectivity index (χ3n) is 3.61. The molecule has 128 valence electrons. The number of nitrogens with one attached hydrogen (secondary N) is 1. The highest BCUT2D eigenvalue weighted by atomic mass is 32.2. The SMILES string of the molecule is CC(C(=O)Nc1ccccc1)S(=O)Cc1nnnn1-c1ccccc1. The van der Waals surface area contributed by atoms with Crippen molar-refractivity contribution in [3.8, 4) is 5.69 Å². The predicted molar refractivity (Wildman–Crippen MR) is 95.5 cm³/mol. The molecular formula is C17H17N5O2S. The van der Waals surface area contributed by atoms with Crippen LogP contribution in [0.25, 0.3) is 5.69 Å². The number of aromatic nitrogens is 4. The summed E-state index contributed by atoms with van der Waals surface area (Å²) in [5, 5.41) is 13.6. The quantitative estimate of drug-likeness (QED) is 0.730. The first-order chi connectivity index (χ1) is 12.1. The standard InChI is InChI=1S/C17H17N5O2S/c1-13(17(23)18-14-8-4-2-5-9-14)25(24)12-16-19-20-21-22(16)15-10-6-3-7-11-15/h2-11,13H,12H2,1H3,(H,18,23). The lowest BCUT2D eigenvalue weighted by Gasteiger charge is -2.12. The Balaban J connectivity index is 1.68. The normalized spacial score (nSPS) is 13.2. The number of para-hydroxylation sites is 2. The first-order valence-electron chi connectivity index (χ1n) is 7.71. The molecule has 25 heavy (non-hydrogen) atoms. The first-order valence-corrected chi connectivity index (χ1v) is 9.09. The van der Waals surface area contributed by atoms with Crippen LogP contribution in [0.15, 0.2) is 60.7 Å². The fraction of sp³-hybridized carbons (Fsp3) is 0.176. The molecule has 0 aliphatic carbocycles. The Hall–Kier alpha value is -2.87. The summed E-state index contributed by atoms with van der Waals surface area (Å²) in [4.78, 5) is 12.3. The fourth-order valence-corrected chi connectivity index (χ4v) is 3.18. The highest BCUT2D eigenvalue weighted by Gasteiger charge is 2.22. The summed E-state index contributed by atoms with van der Waals surface area (Å²) in [6, 6.07) is 18.4. The Morgan fingerprint density at radius 2 is 1.76 bits per heavy atom. The molecule has 0 radical (unpaired) electrons. The topological polar surface area (TPSA) is 89.8 Å². The summed E-state index contributed by atoms with van der Waals surface area (Å²) in [5.74, 6) is 0.234. The van der Waals surface area contributed by atoms with Crippen LogP contribution in [0.4, 0.5) is 5.69 Å². The Bertz CT molecular complexity index is 867. The van der Waals surface area contributed by atoms with Crippen LogP contribution in [-0.2, 0) is 21.3 Å². The van der Waals surface area contributed by atoms with Gasteiger partial charge in [-0.15, -0.1) is 5.10 Å². The number of benzene rings is 2. The van der Waals surface area contributed by atoms with Crippen LogP contribution in [0.5, 0.6) is 0 Å². The number of amides is 1. The predicted octanol–water partition coefficient (Wildman–Crippen LogP) is 1.94. The van der Waals surface area contributed by atoms with Crippen molar-refractivity contribution in [2.24, 2.45) is 0 Å². The van der Waals surface area contributed by atoms with E-state index in [1.165, 1.54) is 4.68 Å². The maximum atomic E-state index is 12.6. The Morgan fingerprint density at radius 3 is 2.44 bits per heavy atom. The largest absolute Gasteiger partial charge is 0.325 e. The lowest BCUT2D eigenvalue weighted by Crippen LogP contribution is -2.30. The summed E-state index contributed by atoms with van der Waals surface area (Å²) in [6.07, 6.45) is 0. The second kappa shape index (κ2) is 7.80. The molecule has 0 saturated heterocycles. The number of tetrazole rings is 1. The maximum Gasteiger partial charge on any atom is 0.239 e. The molecule has 0 aliphatic heterocycles. The van der Waals surface area contributed by atoms with E-state index in [2.05, 4.69) is 20.8 Å². The third kappa shape index (κ3) is 4.16. The van der Waals surface area contributed by atoms with Crippen molar-refractivity contribution in [3.05, 3.63) is 66.5 Å². The highest BCUT2D eigenvalue weighted by molar-refractivity contribution is 7.85. The van der Waals surface area contributed by atoms with E-state index in [9.17, 15) is 9.00 Å². The molecule has 3 aromatic rings. The summed E-state index contributed by atoms with van der Waals surface area (Å²) in [6.45, 7) is 1.63. The van der Waals surface area contributed by atoms with Crippen LogP contribution in [0.2, 0.25) is 0 Å². The molecule has 2 aromatic carbocycles. The molecule has 0 fully saturated rings. The van der Waals surface area contributed by atoms with E-state index in [1.807, 2.05) is 48.5 Å². The average Bonchev–Trinajstić information content (AvgIpc) is 3.10. The molecule has 0 spiro atoms. The second-order valence-electron chi connectivity index (χ2n) is 5.37. The molecule has 8 heteroatoms. The average molecular weight is 355 g/mol. The smallest absolute Gasteiger partial charge is 0.239 e. The van der Waals surface area contributed by atoms with Gasteiger partial charge in [0.2, 0.25) is 5.91 Å². The fourth-order valence-electron chi connectivity index (χ4n) is 2.20. The van der Waals surface area contributed by atoms with E-state index in [0.29, 0.717) is 11.5 Å². The zero-order chi connectivity index (χ0) is 17.6. The van der Waals surface area contributed by atoms with Crippen molar-refractivity contribution < 1.29 is 9.00 Å². The maximum absolute atomic E-state index is 12.6. The minimum atomic E-state index is -1.46. The van der Waals surface area contributed by atoms with E-state index in [-0.39, 0.29) is 11.7 Å². The van der Waals surface area contributed by atoms with Gasteiger partial charge in [-0.2, -0.15) is 4.68 Å². The van der Waals surface area contributed by atoms with Crippen LogP contribution in [0.1, 0.15) is 12.7 Å². The number of carbonyl (C=O) groups excluding carboxylic acids is 1. The molecule has 3 rings (SSSR count). The molecule has 2 unspecified atom stereocenters. The number of hydrogen-bond donors (Lipinski definition) is 1. The first kappa shape index (κ1) is 17.0. The van der Waals surface area contributed by atoms with Gasteiger partial charge in [0.15, 0.2) is 5.82 Å². The zero-order valence-corrected chi connectivity index (χ0v) is 14.4. The molecule has 1 N–H and O–H groups in total. The lowest BCUT2D eigenvalue weighted by molar-refractivity contribution is -0.115. The van der Waals surface area contributed by atoms with Gasteiger partial charge in [-0.05, 0) is 41.6 Å². The van der Waals surface area contributed by atoms with Gasteiger partial charge in [-0.1, -0.05) is 36.4 Å². The minimum absolute atomic E-state index is 0.0886. The monoisotopic (exact) mass is 355 g/mol. The van der Waals surface area contributed by atoms with Crippen molar-refractivity contribution in [2.45, 2.75) is 17.9 Å². The molecule has 1 heterocycles.